The second-order valence-corrected chi connectivity index (χ2v) is 7.21. The van der Waals surface area contributed by atoms with E-state index in [2.05, 4.69) is 10.3 Å². The molecule has 0 saturated heterocycles. The second-order valence-electron chi connectivity index (χ2n) is 6.78. The molecule has 4 rings (SSSR count). The van der Waals surface area contributed by atoms with Crippen molar-refractivity contribution in [1.29, 1.82) is 0 Å². The molecule has 5 nitrogen and oxygen atoms in total. The first kappa shape index (κ1) is 18.9. The smallest absolute Gasteiger partial charge is 0.265 e. The lowest BCUT2D eigenvalue weighted by molar-refractivity contribution is 0.102. The number of benzene rings is 3. The number of anilines is 1. The van der Waals surface area contributed by atoms with E-state index < -0.39 is 0 Å². The van der Waals surface area contributed by atoms with Crippen LogP contribution in [-0.2, 0) is 0 Å². The lowest BCUT2D eigenvalue weighted by Gasteiger charge is -2.14. The molecular weight excluding hydrogens is 386 g/mol. The number of aromatic nitrogens is 2. The van der Waals surface area contributed by atoms with Gasteiger partial charge >= 0.3 is 0 Å². The summed E-state index contributed by atoms with van der Waals surface area (Å²) in [5.74, 6) is 0.379. The highest BCUT2D eigenvalue weighted by molar-refractivity contribution is 6.30. The number of carbonyl (C=O) groups is 1. The summed E-state index contributed by atoms with van der Waals surface area (Å²) in [6, 6.07) is 19.4. The third-order valence-electron chi connectivity index (χ3n) is 4.77. The zero-order chi connectivity index (χ0) is 20.5. The molecule has 4 aromatic rings. The van der Waals surface area contributed by atoms with Gasteiger partial charge < -0.3 is 5.32 Å². The topological polar surface area (TPSA) is 64.0 Å². The molecular formula is C23H18ClN3O2. The summed E-state index contributed by atoms with van der Waals surface area (Å²) in [6.07, 6.45) is 0. The Hall–Kier alpha value is -3.44. The van der Waals surface area contributed by atoms with Gasteiger partial charge in [0, 0.05) is 16.3 Å². The Bertz CT molecular complexity index is 1290. The Labute approximate surface area is 172 Å². The van der Waals surface area contributed by atoms with Gasteiger partial charge in [0.15, 0.2) is 0 Å². The number of amides is 1. The van der Waals surface area contributed by atoms with E-state index in [1.165, 1.54) is 0 Å². The molecule has 0 saturated carbocycles. The van der Waals surface area contributed by atoms with Gasteiger partial charge in [-0.3, -0.25) is 14.2 Å². The zero-order valence-corrected chi connectivity index (χ0v) is 16.7. The van der Waals surface area contributed by atoms with Crippen LogP contribution < -0.4 is 10.9 Å². The van der Waals surface area contributed by atoms with E-state index in [0.29, 0.717) is 38.7 Å². The number of nitrogens with zero attached hydrogens (tertiary/aromatic N) is 2. The van der Waals surface area contributed by atoms with Gasteiger partial charge in [-0.25, -0.2) is 4.98 Å². The number of halogens is 1. The van der Waals surface area contributed by atoms with Gasteiger partial charge in [-0.2, -0.15) is 0 Å². The molecule has 0 aliphatic rings. The number of para-hydroxylation sites is 1. The van der Waals surface area contributed by atoms with E-state index in [1.807, 2.05) is 31.2 Å². The lowest BCUT2D eigenvalue weighted by Crippen LogP contribution is -2.22. The summed E-state index contributed by atoms with van der Waals surface area (Å²) >= 11 is 5.87. The minimum absolute atomic E-state index is 0.120. The van der Waals surface area contributed by atoms with Gasteiger partial charge in [0.25, 0.3) is 11.5 Å². The van der Waals surface area contributed by atoms with Gasteiger partial charge in [0.05, 0.1) is 16.6 Å². The van der Waals surface area contributed by atoms with Crippen molar-refractivity contribution in [2.75, 3.05) is 5.32 Å². The minimum atomic E-state index is -0.224. The molecule has 29 heavy (non-hydrogen) atoms. The van der Waals surface area contributed by atoms with Crippen molar-refractivity contribution in [3.05, 3.63) is 99.1 Å². The highest BCUT2D eigenvalue weighted by Crippen LogP contribution is 2.21. The molecule has 0 bridgehead atoms. The molecule has 0 aliphatic heterocycles. The molecule has 0 spiro atoms. The van der Waals surface area contributed by atoms with Crippen LogP contribution in [0.5, 0.6) is 0 Å². The third-order valence-corrected chi connectivity index (χ3v) is 5.02. The fourth-order valence-corrected chi connectivity index (χ4v) is 3.40. The first-order chi connectivity index (χ1) is 13.9. The molecule has 1 N–H and O–H groups in total. The summed E-state index contributed by atoms with van der Waals surface area (Å²) in [4.78, 5) is 30.0. The Morgan fingerprint density at radius 3 is 2.45 bits per heavy atom. The summed E-state index contributed by atoms with van der Waals surface area (Å²) in [5.41, 5.74) is 3.29. The standard InChI is InChI=1S/C23H18ClN3O2/c1-14-13-18(27-15(2)25-21-6-4-3-5-19(21)23(27)29)11-12-20(14)26-22(28)16-7-9-17(24)10-8-16/h3-13H,1-2H3,(H,26,28). The summed E-state index contributed by atoms with van der Waals surface area (Å²) in [5, 5.41) is 4.04. The average molecular weight is 404 g/mol. The maximum Gasteiger partial charge on any atom is 0.265 e. The van der Waals surface area contributed by atoms with E-state index in [9.17, 15) is 9.59 Å². The number of hydrogen-bond acceptors (Lipinski definition) is 3. The van der Waals surface area contributed by atoms with Gasteiger partial charge in [-0.05, 0) is 74.0 Å². The fourth-order valence-electron chi connectivity index (χ4n) is 3.27. The van der Waals surface area contributed by atoms with Crippen molar-refractivity contribution >= 4 is 34.1 Å². The SMILES string of the molecule is Cc1cc(-n2c(C)nc3ccccc3c2=O)ccc1NC(=O)c1ccc(Cl)cc1. The van der Waals surface area contributed by atoms with Crippen LogP contribution in [0.25, 0.3) is 16.6 Å². The Balaban J connectivity index is 1.69. The predicted octanol–water partition coefficient (Wildman–Crippen LogP) is 4.91. The molecule has 6 heteroatoms. The first-order valence-corrected chi connectivity index (χ1v) is 9.48. The summed E-state index contributed by atoms with van der Waals surface area (Å²) < 4.78 is 1.58. The molecule has 3 aromatic carbocycles. The van der Waals surface area contributed by atoms with Crippen molar-refractivity contribution < 1.29 is 4.79 Å². The monoisotopic (exact) mass is 403 g/mol. The van der Waals surface area contributed by atoms with Crippen molar-refractivity contribution in [3.63, 3.8) is 0 Å². The number of fused-ring (bicyclic) bond motifs is 1. The molecule has 1 aromatic heterocycles. The van der Waals surface area contributed by atoms with Crippen LogP contribution in [0, 0.1) is 13.8 Å². The Morgan fingerprint density at radius 2 is 1.72 bits per heavy atom. The lowest BCUT2D eigenvalue weighted by atomic mass is 10.1. The van der Waals surface area contributed by atoms with E-state index in [1.54, 1.807) is 54.0 Å². The minimum Gasteiger partial charge on any atom is -0.322 e. The normalized spacial score (nSPS) is 10.9. The Morgan fingerprint density at radius 1 is 1.00 bits per heavy atom. The molecule has 0 aliphatic carbocycles. The van der Waals surface area contributed by atoms with Crippen LogP contribution in [0.3, 0.4) is 0 Å². The van der Waals surface area contributed by atoms with Gasteiger partial charge in [-0.15, -0.1) is 0 Å². The predicted molar refractivity (Wildman–Crippen MR) is 116 cm³/mol. The largest absolute Gasteiger partial charge is 0.322 e. The number of aryl methyl sites for hydroxylation is 2. The molecule has 1 heterocycles. The first-order valence-electron chi connectivity index (χ1n) is 9.10. The second kappa shape index (κ2) is 7.53. The van der Waals surface area contributed by atoms with Crippen molar-refractivity contribution in [3.8, 4) is 5.69 Å². The number of nitrogens with one attached hydrogen (secondary N) is 1. The van der Waals surface area contributed by atoms with Gasteiger partial charge in [-0.1, -0.05) is 23.7 Å². The zero-order valence-electron chi connectivity index (χ0n) is 15.9. The van der Waals surface area contributed by atoms with Crippen molar-refractivity contribution in [2.45, 2.75) is 13.8 Å². The maximum atomic E-state index is 13.0. The quantitative estimate of drug-likeness (QED) is 0.528. The van der Waals surface area contributed by atoms with Gasteiger partial charge in [0.1, 0.15) is 5.82 Å². The van der Waals surface area contributed by atoms with Crippen LogP contribution in [0.2, 0.25) is 5.02 Å². The van der Waals surface area contributed by atoms with Crippen molar-refractivity contribution in [2.24, 2.45) is 0 Å². The van der Waals surface area contributed by atoms with E-state index in [0.717, 1.165) is 5.56 Å². The number of rotatable bonds is 3. The van der Waals surface area contributed by atoms with Crippen LogP contribution in [0.1, 0.15) is 21.7 Å². The van der Waals surface area contributed by atoms with Crippen molar-refractivity contribution in [1.82, 2.24) is 9.55 Å². The molecule has 0 unspecified atom stereocenters. The highest BCUT2D eigenvalue weighted by Gasteiger charge is 2.12. The molecule has 1 amide bonds. The van der Waals surface area contributed by atoms with Crippen LogP contribution >= 0.6 is 11.6 Å². The van der Waals surface area contributed by atoms with Gasteiger partial charge in [0.2, 0.25) is 0 Å². The molecule has 0 atom stereocenters. The number of carbonyl (C=O) groups excluding carboxylic acids is 1. The fraction of sp³-hybridized carbons (Fsp3) is 0.0870. The molecule has 0 radical (unpaired) electrons. The van der Waals surface area contributed by atoms with Crippen LogP contribution in [-0.4, -0.2) is 15.5 Å². The van der Waals surface area contributed by atoms with E-state index in [4.69, 9.17) is 11.6 Å². The van der Waals surface area contributed by atoms with E-state index in [-0.39, 0.29) is 11.5 Å². The highest BCUT2D eigenvalue weighted by atomic mass is 35.5. The maximum absolute atomic E-state index is 13.0. The molecule has 0 fully saturated rings. The summed E-state index contributed by atoms with van der Waals surface area (Å²) in [6.45, 7) is 3.69. The molecule has 144 valence electrons. The Kier molecular flexibility index (Phi) is 4.91. The summed E-state index contributed by atoms with van der Waals surface area (Å²) in [7, 11) is 0. The van der Waals surface area contributed by atoms with E-state index >= 15 is 0 Å². The van der Waals surface area contributed by atoms with Crippen LogP contribution in [0.4, 0.5) is 5.69 Å². The average Bonchev–Trinajstić information content (AvgIpc) is 2.70. The van der Waals surface area contributed by atoms with Crippen LogP contribution in [0.15, 0.2) is 71.5 Å². The number of hydrogen-bond donors (Lipinski definition) is 1. The third kappa shape index (κ3) is 3.65.